The van der Waals surface area contributed by atoms with Gasteiger partial charge in [0.15, 0.2) is 0 Å². The van der Waals surface area contributed by atoms with Crippen LogP contribution in [-0.4, -0.2) is 76.9 Å². The van der Waals surface area contributed by atoms with Gasteiger partial charge in [0.1, 0.15) is 0 Å². The van der Waals surface area contributed by atoms with Gasteiger partial charge in [0.05, 0.1) is 13.2 Å². The Morgan fingerprint density at radius 1 is 0.272 bits per heavy atom. The van der Waals surface area contributed by atoms with Crippen LogP contribution in [0.3, 0.4) is 0 Å². The molecule has 480 valence electrons. The molecule has 0 fully saturated rings. The summed E-state index contributed by atoms with van der Waals surface area (Å²) in [5.74, 6) is 0.0335. The molecule has 0 saturated carbocycles. The zero-order valence-electron chi connectivity index (χ0n) is 54.7. The van der Waals surface area contributed by atoms with Gasteiger partial charge in [0, 0.05) is 11.8 Å². The molecule has 2 unspecified atom stereocenters. The minimum atomic E-state index is -4.62. The molecular weight excluding hydrogens is 1070 g/mol. The average Bonchev–Trinajstić information content (AvgIpc) is 3.43. The number of hydrogen-bond acceptors (Lipinski definition) is 8. The van der Waals surface area contributed by atoms with E-state index in [1.807, 2.05) is 0 Å². The molecule has 0 amide bonds. The molecule has 2 atom stereocenters. The van der Waals surface area contributed by atoms with Crippen LogP contribution in [0.25, 0.3) is 0 Å². The van der Waals surface area contributed by atoms with Crippen molar-refractivity contribution in [1.82, 2.24) is 0 Å². The van der Waals surface area contributed by atoms with Crippen molar-refractivity contribution >= 4 is 58.5 Å². The molecule has 0 spiro atoms. The summed E-state index contributed by atoms with van der Waals surface area (Å²) in [4.78, 5) is 0. The Labute approximate surface area is 538 Å². The van der Waals surface area contributed by atoms with Crippen molar-refractivity contribution in [3.05, 3.63) is 24.3 Å². The average molecular weight is 1210 g/mol. The first-order valence-electron chi connectivity index (χ1n) is 35.5. The Balaban J connectivity index is -0.00000148. The van der Waals surface area contributed by atoms with E-state index in [9.17, 15) is 25.9 Å². The van der Waals surface area contributed by atoms with Crippen LogP contribution >= 0.6 is 0 Å². The third-order valence-corrected chi connectivity index (χ3v) is 17.3. The summed E-state index contributed by atoms with van der Waals surface area (Å²) in [5.41, 5.74) is 0. The maximum absolute atomic E-state index is 10.9. The fourth-order valence-electron chi connectivity index (χ4n) is 11.2. The van der Waals surface area contributed by atoms with Gasteiger partial charge in [-0.1, -0.05) is 386 Å². The van der Waals surface area contributed by atoms with Gasteiger partial charge < -0.3 is 9.11 Å². The number of rotatable bonds is 66. The molecule has 0 aliphatic heterocycles. The largest absolute Gasteiger partial charge is 2.00 e. The molecule has 0 heterocycles. The Morgan fingerprint density at radius 2 is 0.432 bits per heavy atom. The quantitative estimate of drug-likeness (QED) is 0.0193. The van der Waals surface area contributed by atoms with Crippen LogP contribution in [0.2, 0.25) is 0 Å². The molecule has 0 radical (unpaired) electrons. The summed E-state index contributed by atoms with van der Waals surface area (Å²) in [6.45, 7) is 9.06. The molecule has 0 aromatic carbocycles. The molecular formula is C70H138CaO8S2. The zero-order valence-corrected chi connectivity index (χ0v) is 58.5. The van der Waals surface area contributed by atoms with E-state index in [1.54, 1.807) is 0 Å². The second-order valence-corrected chi connectivity index (χ2v) is 26.7. The Kier molecular flexibility index (Phi) is 75.4. The maximum atomic E-state index is 10.9. The minimum absolute atomic E-state index is 0. The van der Waals surface area contributed by atoms with Crippen LogP contribution < -0.4 is 0 Å². The molecule has 0 aromatic heterocycles. The van der Waals surface area contributed by atoms with E-state index >= 15 is 0 Å². The predicted molar refractivity (Wildman–Crippen MR) is 353 cm³/mol. The molecule has 11 heteroatoms. The summed E-state index contributed by atoms with van der Waals surface area (Å²) < 4.78 is 74.9. The summed E-state index contributed by atoms with van der Waals surface area (Å²) in [5, 5.41) is 0. The van der Waals surface area contributed by atoms with Gasteiger partial charge >= 0.3 is 37.7 Å². The second kappa shape index (κ2) is 71.2. The van der Waals surface area contributed by atoms with Gasteiger partial charge in [0.25, 0.3) is 0 Å². The molecule has 0 N–H and O–H groups in total. The van der Waals surface area contributed by atoms with Crippen molar-refractivity contribution in [2.75, 3.05) is 13.2 Å². The number of allylic oxidation sites excluding steroid dienone is 2. The summed E-state index contributed by atoms with van der Waals surface area (Å²) in [6.07, 6.45) is 84.8. The zero-order chi connectivity index (χ0) is 58.8. The second-order valence-electron chi connectivity index (χ2n) is 24.6. The third-order valence-electron chi connectivity index (χ3n) is 16.5. The Bertz CT molecular complexity index is 1350. The molecule has 0 saturated heterocycles. The first kappa shape index (κ1) is 85.7. The molecule has 0 rings (SSSR count). The monoisotopic (exact) mass is 1210 g/mol. The van der Waals surface area contributed by atoms with E-state index in [4.69, 9.17) is 0 Å². The van der Waals surface area contributed by atoms with E-state index in [0.29, 0.717) is 0 Å². The van der Waals surface area contributed by atoms with Gasteiger partial charge in [-0.2, -0.15) is 0 Å². The fraction of sp³-hybridized carbons (Fsp3) is 0.943. The van der Waals surface area contributed by atoms with Crippen LogP contribution in [0.4, 0.5) is 0 Å². The van der Waals surface area contributed by atoms with Crippen molar-refractivity contribution in [3.8, 4) is 0 Å². The number of hydrogen-bond donors (Lipinski definition) is 0. The molecule has 0 bridgehead atoms. The van der Waals surface area contributed by atoms with Gasteiger partial charge in [0.2, 0.25) is 20.8 Å². The van der Waals surface area contributed by atoms with E-state index in [1.165, 1.54) is 334 Å². The van der Waals surface area contributed by atoms with Crippen LogP contribution in [0, 0.1) is 11.8 Å². The van der Waals surface area contributed by atoms with Gasteiger partial charge in [-0.15, -0.1) is 0 Å². The van der Waals surface area contributed by atoms with Crippen LogP contribution in [-0.2, 0) is 29.2 Å². The van der Waals surface area contributed by atoms with Crippen LogP contribution in [0.1, 0.15) is 400 Å². The topological polar surface area (TPSA) is 133 Å². The summed E-state index contributed by atoms with van der Waals surface area (Å²) >= 11 is 0. The van der Waals surface area contributed by atoms with Crippen LogP contribution in [0.15, 0.2) is 24.3 Å². The molecule has 81 heavy (non-hydrogen) atoms. The SMILES string of the molecule is CCCCCCCCCCCCCCCC/C=C/C(CCCCCCCCCCCCCCC)COS(=O)(=O)[O-].CCCCCCCCCCCCCCCC/C=C/C(CCCCCCCCCCCCCCC)COS(=O)(=O)[O-].[Ca+2]. The van der Waals surface area contributed by atoms with Crippen molar-refractivity contribution in [2.45, 2.75) is 400 Å². The normalized spacial score (nSPS) is 12.8. The summed E-state index contributed by atoms with van der Waals surface area (Å²) in [7, 11) is -9.24. The van der Waals surface area contributed by atoms with Gasteiger partial charge in [-0.3, -0.25) is 8.37 Å². The van der Waals surface area contributed by atoms with Crippen molar-refractivity contribution in [2.24, 2.45) is 11.8 Å². The standard InChI is InChI=1S/2C35H70O4S.Ca/c2*1-3-5-7-9-11-13-15-17-18-19-21-23-25-27-29-31-33-35(34-39-40(36,37)38)32-30-28-26-24-22-20-16-14-12-10-8-6-4-2;/h2*31,33,35H,3-30,32,34H2,1-2H3,(H,36,37,38);/q;;+2/p-2/b2*33-31+;. The minimum Gasteiger partial charge on any atom is -0.726 e. The molecule has 0 aliphatic carbocycles. The first-order valence-corrected chi connectivity index (χ1v) is 38.2. The first-order chi connectivity index (χ1) is 39.0. The fourth-order valence-corrected chi connectivity index (χ4v) is 11.8. The maximum Gasteiger partial charge on any atom is 2.00 e. The number of unbranched alkanes of at least 4 members (excludes halogenated alkanes) is 52. The smallest absolute Gasteiger partial charge is 0.726 e. The van der Waals surface area contributed by atoms with Crippen LogP contribution in [0.5, 0.6) is 0 Å². The van der Waals surface area contributed by atoms with E-state index in [2.05, 4.69) is 60.4 Å². The summed E-state index contributed by atoms with van der Waals surface area (Å²) in [6, 6.07) is 0. The van der Waals surface area contributed by atoms with Gasteiger partial charge in [-0.05, 0) is 38.5 Å². The third kappa shape index (κ3) is 80.5. The van der Waals surface area contributed by atoms with E-state index in [-0.39, 0.29) is 62.8 Å². The van der Waals surface area contributed by atoms with E-state index in [0.717, 1.165) is 38.5 Å². The molecule has 8 nitrogen and oxygen atoms in total. The molecule has 0 aliphatic rings. The predicted octanol–water partition coefficient (Wildman–Crippen LogP) is 23.6. The van der Waals surface area contributed by atoms with Gasteiger partial charge in [-0.25, -0.2) is 16.8 Å². The van der Waals surface area contributed by atoms with Crippen molar-refractivity contribution < 1.29 is 34.3 Å². The van der Waals surface area contributed by atoms with Crippen molar-refractivity contribution in [1.29, 1.82) is 0 Å². The Morgan fingerprint density at radius 3 is 0.605 bits per heavy atom. The van der Waals surface area contributed by atoms with E-state index < -0.39 is 20.8 Å². The Hall–Kier alpha value is 0.480. The molecule has 0 aromatic rings. The van der Waals surface area contributed by atoms with Crippen molar-refractivity contribution in [3.63, 3.8) is 0 Å².